The fourth-order valence-corrected chi connectivity index (χ4v) is 2.40. The highest BCUT2D eigenvalue weighted by molar-refractivity contribution is 5.70. The van der Waals surface area contributed by atoms with Crippen molar-refractivity contribution in [3.05, 3.63) is 26.7 Å². The SMILES string of the molecule is COCCn1c(CCCN)nc2c(=O)n(C)c(=O)n(C)c21. The molecule has 0 amide bonds. The number of hydrogen-bond acceptors (Lipinski definition) is 5. The van der Waals surface area contributed by atoms with Gasteiger partial charge in [0.2, 0.25) is 0 Å². The van der Waals surface area contributed by atoms with Crippen LogP contribution in [-0.2, 0) is 31.8 Å². The quantitative estimate of drug-likeness (QED) is 0.735. The zero-order chi connectivity index (χ0) is 15.6. The molecule has 116 valence electrons. The zero-order valence-electron chi connectivity index (χ0n) is 12.6. The normalized spacial score (nSPS) is 11.4. The largest absolute Gasteiger partial charge is 0.383 e. The van der Waals surface area contributed by atoms with Gasteiger partial charge in [0.1, 0.15) is 11.5 Å². The number of methoxy groups -OCH3 is 1. The molecule has 2 aromatic heterocycles. The van der Waals surface area contributed by atoms with Crippen LogP contribution in [-0.4, -0.2) is 38.9 Å². The van der Waals surface area contributed by atoms with Gasteiger partial charge < -0.3 is 15.0 Å². The topological polar surface area (TPSA) is 97.1 Å². The summed E-state index contributed by atoms with van der Waals surface area (Å²) < 4.78 is 9.50. The summed E-state index contributed by atoms with van der Waals surface area (Å²) in [5, 5.41) is 0. The first-order valence-corrected chi connectivity index (χ1v) is 6.87. The van der Waals surface area contributed by atoms with Crippen molar-refractivity contribution in [3.8, 4) is 0 Å². The average Bonchev–Trinajstić information content (AvgIpc) is 2.85. The maximum absolute atomic E-state index is 12.2. The predicted molar refractivity (Wildman–Crippen MR) is 79.5 cm³/mol. The van der Waals surface area contributed by atoms with Crippen LogP contribution in [0.5, 0.6) is 0 Å². The van der Waals surface area contributed by atoms with Crippen LogP contribution in [0.4, 0.5) is 0 Å². The Balaban J connectivity index is 2.74. The highest BCUT2D eigenvalue weighted by atomic mass is 16.5. The molecule has 8 heteroatoms. The van der Waals surface area contributed by atoms with E-state index in [1.54, 1.807) is 14.2 Å². The molecule has 0 aliphatic carbocycles. The molecule has 0 aliphatic heterocycles. The van der Waals surface area contributed by atoms with Crippen LogP contribution in [0, 0.1) is 0 Å². The van der Waals surface area contributed by atoms with Crippen LogP contribution in [0.1, 0.15) is 12.2 Å². The molecule has 21 heavy (non-hydrogen) atoms. The second-order valence-corrected chi connectivity index (χ2v) is 4.94. The van der Waals surface area contributed by atoms with Gasteiger partial charge in [-0.05, 0) is 13.0 Å². The Hall–Kier alpha value is -1.93. The van der Waals surface area contributed by atoms with E-state index in [1.807, 2.05) is 4.57 Å². The van der Waals surface area contributed by atoms with Crippen LogP contribution in [0.25, 0.3) is 11.2 Å². The number of ether oxygens (including phenoxy) is 1. The van der Waals surface area contributed by atoms with Crippen molar-refractivity contribution in [3.63, 3.8) is 0 Å². The van der Waals surface area contributed by atoms with E-state index < -0.39 is 0 Å². The molecule has 2 heterocycles. The summed E-state index contributed by atoms with van der Waals surface area (Å²) in [5.74, 6) is 0.755. The number of rotatable bonds is 6. The van der Waals surface area contributed by atoms with E-state index >= 15 is 0 Å². The molecule has 0 atom stereocenters. The highest BCUT2D eigenvalue weighted by Gasteiger charge is 2.18. The number of nitrogens with two attached hydrogens (primary N) is 1. The summed E-state index contributed by atoms with van der Waals surface area (Å²) in [6.07, 6.45) is 1.43. The molecule has 2 aromatic rings. The van der Waals surface area contributed by atoms with Gasteiger partial charge in [0.25, 0.3) is 5.56 Å². The summed E-state index contributed by atoms with van der Waals surface area (Å²) in [5.41, 5.74) is 5.65. The van der Waals surface area contributed by atoms with Gasteiger partial charge in [-0.1, -0.05) is 0 Å². The molecule has 2 N–H and O–H groups in total. The number of fused-ring (bicyclic) bond motifs is 1. The molecule has 0 bridgehead atoms. The Morgan fingerprint density at radius 2 is 1.95 bits per heavy atom. The third kappa shape index (κ3) is 2.64. The van der Waals surface area contributed by atoms with Crippen LogP contribution >= 0.6 is 0 Å². The Labute approximate surface area is 121 Å². The number of imidazole rings is 1. The molecule has 0 saturated heterocycles. The minimum absolute atomic E-state index is 0.308. The molecule has 0 aliphatic rings. The van der Waals surface area contributed by atoms with Crippen molar-refractivity contribution in [1.82, 2.24) is 18.7 Å². The van der Waals surface area contributed by atoms with E-state index in [1.165, 1.54) is 11.6 Å². The van der Waals surface area contributed by atoms with Crippen molar-refractivity contribution in [2.24, 2.45) is 19.8 Å². The number of aryl methyl sites for hydroxylation is 2. The van der Waals surface area contributed by atoms with E-state index in [9.17, 15) is 9.59 Å². The van der Waals surface area contributed by atoms with Gasteiger partial charge in [-0.2, -0.15) is 0 Å². The fraction of sp³-hybridized carbons (Fsp3) is 0.615. The van der Waals surface area contributed by atoms with Crippen molar-refractivity contribution in [2.45, 2.75) is 19.4 Å². The summed E-state index contributed by atoms with van der Waals surface area (Å²) in [6.45, 7) is 1.56. The van der Waals surface area contributed by atoms with Crippen LogP contribution in [0.2, 0.25) is 0 Å². The van der Waals surface area contributed by atoms with Gasteiger partial charge >= 0.3 is 5.69 Å². The maximum Gasteiger partial charge on any atom is 0.332 e. The summed E-state index contributed by atoms with van der Waals surface area (Å²) in [7, 11) is 4.70. The van der Waals surface area contributed by atoms with Gasteiger partial charge in [-0.3, -0.25) is 13.9 Å². The van der Waals surface area contributed by atoms with E-state index in [-0.39, 0.29) is 11.2 Å². The summed E-state index contributed by atoms with van der Waals surface area (Å²) in [4.78, 5) is 28.7. The van der Waals surface area contributed by atoms with Gasteiger partial charge in [-0.25, -0.2) is 9.78 Å². The van der Waals surface area contributed by atoms with Crippen LogP contribution < -0.4 is 17.0 Å². The molecule has 8 nitrogen and oxygen atoms in total. The number of nitrogens with zero attached hydrogens (tertiary/aromatic N) is 4. The molecule has 0 aromatic carbocycles. The lowest BCUT2D eigenvalue weighted by molar-refractivity contribution is 0.187. The first kappa shape index (κ1) is 15.5. The Morgan fingerprint density at radius 3 is 2.57 bits per heavy atom. The van der Waals surface area contributed by atoms with Crippen molar-refractivity contribution in [2.75, 3.05) is 20.3 Å². The summed E-state index contributed by atoms with van der Waals surface area (Å²) in [6, 6.07) is 0. The molecule has 0 radical (unpaired) electrons. The number of aromatic nitrogens is 4. The third-order valence-corrected chi connectivity index (χ3v) is 3.54. The molecule has 0 spiro atoms. The minimum atomic E-state index is -0.377. The Morgan fingerprint density at radius 1 is 1.24 bits per heavy atom. The fourth-order valence-electron chi connectivity index (χ4n) is 2.40. The van der Waals surface area contributed by atoms with Gasteiger partial charge in [0, 0.05) is 34.2 Å². The monoisotopic (exact) mass is 295 g/mol. The second kappa shape index (κ2) is 6.23. The van der Waals surface area contributed by atoms with Crippen LogP contribution in [0.15, 0.2) is 9.59 Å². The van der Waals surface area contributed by atoms with Crippen LogP contribution in [0.3, 0.4) is 0 Å². The minimum Gasteiger partial charge on any atom is -0.383 e. The number of hydrogen-bond donors (Lipinski definition) is 1. The Bertz CT molecular complexity index is 756. The Kier molecular flexibility index (Phi) is 4.59. The average molecular weight is 295 g/mol. The van der Waals surface area contributed by atoms with Gasteiger partial charge in [-0.15, -0.1) is 0 Å². The van der Waals surface area contributed by atoms with Crippen molar-refractivity contribution >= 4 is 11.2 Å². The standard InChI is InChI=1S/C13H21N5O3/c1-16-11-10(12(19)17(2)13(16)20)15-9(5-4-6-14)18(11)7-8-21-3/h4-8,14H2,1-3H3. The van der Waals surface area contributed by atoms with E-state index in [2.05, 4.69) is 4.98 Å². The third-order valence-electron chi connectivity index (χ3n) is 3.54. The first-order valence-electron chi connectivity index (χ1n) is 6.87. The zero-order valence-corrected chi connectivity index (χ0v) is 12.6. The van der Waals surface area contributed by atoms with Gasteiger partial charge in [0.05, 0.1) is 6.61 Å². The molecule has 2 rings (SSSR count). The second-order valence-electron chi connectivity index (χ2n) is 4.94. The lowest BCUT2D eigenvalue weighted by Crippen LogP contribution is -2.37. The molecular formula is C13H21N5O3. The highest BCUT2D eigenvalue weighted by Crippen LogP contribution is 2.12. The lowest BCUT2D eigenvalue weighted by atomic mass is 10.3. The van der Waals surface area contributed by atoms with Gasteiger partial charge in [0.15, 0.2) is 5.52 Å². The van der Waals surface area contributed by atoms with Crippen molar-refractivity contribution < 1.29 is 4.74 Å². The summed E-state index contributed by atoms with van der Waals surface area (Å²) >= 11 is 0. The lowest BCUT2D eigenvalue weighted by Gasteiger charge is -2.10. The van der Waals surface area contributed by atoms with E-state index in [0.717, 1.165) is 16.8 Å². The predicted octanol–water partition coefficient (Wildman–Crippen LogP) is -1.03. The maximum atomic E-state index is 12.2. The first-order chi connectivity index (χ1) is 10.0. The molecular weight excluding hydrogens is 274 g/mol. The molecule has 0 unspecified atom stereocenters. The van der Waals surface area contributed by atoms with Crippen molar-refractivity contribution in [1.29, 1.82) is 0 Å². The smallest absolute Gasteiger partial charge is 0.332 e. The van der Waals surface area contributed by atoms with E-state index in [0.29, 0.717) is 37.3 Å². The molecule has 0 fully saturated rings. The van der Waals surface area contributed by atoms with E-state index in [4.69, 9.17) is 10.5 Å². The molecule has 0 saturated carbocycles.